The minimum absolute atomic E-state index is 0.00388. The Labute approximate surface area is 470 Å². The van der Waals surface area contributed by atoms with E-state index in [0.717, 1.165) is 49.9 Å². The zero-order chi connectivity index (χ0) is 60.8. The number of rotatable bonds is 26. The highest BCUT2D eigenvalue weighted by molar-refractivity contribution is 7.66. The number of imidazole rings is 3. The molecule has 462 valence electrons. The van der Waals surface area contributed by atoms with Gasteiger partial charge >= 0.3 is 36.9 Å². The summed E-state index contributed by atoms with van der Waals surface area (Å²) in [4.78, 5) is 110. The van der Waals surface area contributed by atoms with Gasteiger partial charge in [-0.25, -0.2) is 42.8 Å². The zero-order valence-corrected chi connectivity index (χ0v) is 47.7. The van der Waals surface area contributed by atoms with Crippen LogP contribution in [0.15, 0.2) is 34.9 Å². The molecule has 9 heterocycles. The monoisotopic (exact) mass is 1270 g/mol. The van der Waals surface area contributed by atoms with Crippen LogP contribution in [0.3, 0.4) is 0 Å². The number of anilines is 3. The fourth-order valence-corrected chi connectivity index (χ4v) is 14.2. The lowest BCUT2D eigenvalue weighted by molar-refractivity contribution is -0.745. The van der Waals surface area contributed by atoms with Gasteiger partial charge < -0.3 is 76.4 Å². The number of nitrogens with two attached hydrogens (primary N) is 3. The van der Waals surface area contributed by atoms with Crippen LogP contribution in [0.2, 0.25) is 0 Å². The normalized spacial score (nSPS) is 28.4. The molecule has 0 spiro atoms. The molecule has 16 atom stereocenters. The standard InChI is InChI=1S/C40H58N16O24P4/c1-4-5-6-7-8-44-21(57)9-17-18(75-36(25(17)58)56-16-53(2)24-33(56)50-40(43)52-35(24)62)10-73-82(65,66)79-84(69,70)80-83(67,68)74-12-20-28(29(71-3)38(77-20)54-14-47-22-30(41)45-13-46-31(22)54)78-81(63,64)72-11-19-26(59)27(60)37(76-19)55-15-48-23-32(55)49-39(42)51-34(23)61/h13-20,25-29,36-38,58-60H,4-12H2,1-3H3,(H12-,41,42,43,44,45,46,49,50,51,52,57,61,62,63,64,65,66,67,68,69,70)/p+1/t17-,18-,19-,20-,25-,26-,27-,28-,29-,36?,37-,38-/m1/s1. The van der Waals surface area contributed by atoms with Crippen molar-refractivity contribution in [3.05, 3.63) is 46.0 Å². The second kappa shape index (κ2) is 25.0. The molecule has 3 fully saturated rings. The number of nitrogens with zero attached hydrogens (tertiary/aromatic N) is 10. The smallest absolute Gasteiger partial charge is 0.387 e. The van der Waals surface area contributed by atoms with Gasteiger partial charge in [0.05, 0.1) is 45.6 Å². The number of methoxy groups -OCH3 is 1. The summed E-state index contributed by atoms with van der Waals surface area (Å²) in [5.74, 6) is -2.52. The van der Waals surface area contributed by atoms with E-state index in [2.05, 4.69) is 53.8 Å². The Balaban J connectivity index is 0.874. The number of hydrogen-bond acceptors (Lipinski definition) is 29. The van der Waals surface area contributed by atoms with Crippen LogP contribution in [-0.2, 0) is 75.8 Å². The van der Waals surface area contributed by atoms with Crippen molar-refractivity contribution in [2.75, 3.05) is 50.7 Å². The van der Waals surface area contributed by atoms with E-state index in [1.165, 1.54) is 27.1 Å². The van der Waals surface area contributed by atoms with Crippen LogP contribution in [0.4, 0.5) is 17.7 Å². The molecular formula is C40H59N16O24P4+. The van der Waals surface area contributed by atoms with Crippen LogP contribution in [0, 0.1) is 5.92 Å². The lowest BCUT2D eigenvalue weighted by atomic mass is 9.94. The number of ether oxygens (including phenoxy) is 4. The molecule has 0 aromatic carbocycles. The first-order chi connectivity index (χ1) is 39.6. The summed E-state index contributed by atoms with van der Waals surface area (Å²) in [5.41, 5.74) is 15.7. The largest absolute Gasteiger partial charge is 0.490 e. The maximum absolute atomic E-state index is 13.8. The highest BCUT2D eigenvalue weighted by Crippen LogP contribution is 2.68. The zero-order valence-electron chi connectivity index (χ0n) is 44.2. The number of aliphatic hydroxyl groups is 3. The lowest BCUT2D eigenvalue weighted by Crippen LogP contribution is -2.45. The Morgan fingerprint density at radius 1 is 0.726 bits per heavy atom. The number of phosphoric ester groups is 3. The van der Waals surface area contributed by atoms with Crippen molar-refractivity contribution in [3.63, 3.8) is 0 Å². The molecule has 1 amide bonds. The number of aromatic nitrogens is 12. The van der Waals surface area contributed by atoms with E-state index in [4.69, 9.17) is 54.2 Å². The molecule has 40 nitrogen and oxygen atoms in total. The third kappa shape index (κ3) is 13.6. The van der Waals surface area contributed by atoms with Crippen molar-refractivity contribution in [3.8, 4) is 0 Å². The van der Waals surface area contributed by atoms with Gasteiger partial charge in [-0.15, -0.1) is 0 Å². The number of aromatic amines is 2. The fourth-order valence-electron chi connectivity index (χ4n) is 9.69. The average molecular weight is 1270 g/mol. The van der Waals surface area contributed by atoms with Gasteiger partial charge in [0.1, 0.15) is 54.6 Å². The minimum Gasteiger partial charge on any atom is -0.387 e. The molecule has 44 heteroatoms. The van der Waals surface area contributed by atoms with Gasteiger partial charge in [0.25, 0.3) is 17.1 Å². The van der Waals surface area contributed by atoms with E-state index >= 15 is 0 Å². The second-order valence-electron chi connectivity index (χ2n) is 19.3. The van der Waals surface area contributed by atoms with Crippen molar-refractivity contribution in [2.45, 2.75) is 107 Å². The van der Waals surface area contributed by atoms with Crippen LogP contribution in [0.1, 0.15) is 57.7 Å². The summed E-state index contributed by atoms with van der Waals surface area (Å²) >= 11 is 0. The maximum atomic E-state index is 13.8. The van der Waals surface area contributed by atoms with Gasteiger partial charge in [0.2, 0.25) is 23.6 Å². The third-order valence-corrected chi connectivity index (χ3v) is 18.8. The van der Waals surface area contributed by atoms with Crippen LogP contribution < -0.4 is 38.2 Å². The SMILES string of the molecule is CCCCCCNC(=O)C[C@@H]1[C@@H](COP(=O)(O)OP(=O)(O)OP(=O)(O)OC[C@H]2O[C@@H](n3cnc4c(N)ncnc43)[C@H](OC)[C@@H]2OP(=O)(O)OC[C@H]2O[C@@H](n3cnc4c(=O)[nH]c(N)nc43)[C@H](O)[C@@H]2O)OC([n+]2cn(C)c3c(=O)[nH]c(N)nc32)[C@@H]1O. The van der Waals surface area contributed by atoms with Gasteiger partial charge in [-0.3, -0.25) is 56.1 Å². The van der Waals surface area contributed by atoms with E-state index in [1.54, 1.807) is 0 Å². The molecule has 0 radical (unpaired) electrons. The summed E-state index contributed by atoms with van der Waals surface area (Å²) in [7, 11) is -21.0. The number of amides is 1. The third-order valence-electron chi connectivity index (χ3n) is 13.5. The number of fused-ring (bicyclic) bond motifs is 3. The Bertz CT molecular complexity index is 3720. The van der Waals surface area contributed by atoms with Gasteiger partial charge in [0, 0.05) is 26.0 Å². The van der Waals surface area contributed by atoms with Gasteiger partial charge in [-0.05, 0) is 6.42 Å². The molecule has 0 saturated carbocycles. The molecule has 0 bridgehead atoms. The molecule has 6 aromatic heterocycles. The summed E-state index contributed by atoms with van der Waals surface area (Å²) in [6, 6.07) is 0. The first-order valence-electron chi connectivity index (χ1n) is 25.2. The van der Waals surface area contributed by atoms with Gasteiger partial charge in [-0.1, -0.05) is 31.2 Å². The number of hydrogen-bond donors (Lipinski definition) is 13. The van der Waals surface area contributed by atoms with Crippen molar-refractivity contribution >= 4 is 88.4 Å². The molecule has 84 heavy (non-hydrogen) atoms. The molecule has 3 aliphatic heterocycles. The van der Waals surface area contributed by atoms with E-state index in [9.17, 15) is 67.5 Å². The minimum atomic E-state index is -6.25. The number of aryl methyl sites for hydroxylation is 1. The molecule has 6 aromatic rings. The maximum Gasteiger partial charge on any atom is 0.490 e. The predicted octanol–water partition coefficient (Wildman–Crippen LogP) is -2.37. The Morgan fingerprint density at radius 3 is 2.04 bits per heavy atom. The summed E-state index contributed by atoms with van der Waals surface area (Å²) in [5, 5.41) is 36.2. The highest BCUT2D eigenvalue weighted by atomic mass is 31.3. The summed E-state index contributed by atoms with van der Waals surface area (Å²) in [6.45, 7) is -1.04. The first-order valence-corrected chi connectivity index (χ1v) is 31.2. The number of unbranched alkanes of at least 4 members (excludes halogenated alkanes) is 3. The summed E-state index contributed by atoms with van der Waals surface area (Å²) in [6.07, 6.45) is -10.6. The molecule has 5 unspecified atom stereocenters. The van der Waals surface area contributed by atoms with E-state index < -0.39 is 148 Å². The summed E-state index contributed by atoms with van der Waals surface area (Å²) < 4.78 is 111. The number of aliphatic hydroxyl groups excluding tert-OH is 3. The Kier molecular flexibility index (Phi) is 18.7. The molecule has 0 aliphatic carbocycles. The van der Waals surface area contributed by atoms with Gasteiger partial charge in [-0.2, -0.15) is 13.6 Å². The predicted molar refractivity (Wildman–Crippen MR) is 278 cm³/mol. The molecule has 3 aliphatic rings. The van der Waals surface area contributed by atoms with E-state index in [-0.39, 0.29) is 57.8 Å². The second-order valence-corrected chi connectivity index (χ2v) is 25.3. The number of phosphoric acid groups is 4. The molecule has 3 saturated heterocycles. The van der Waals surface area contributed by atoms with Crippen molar-refractivity contribution < 1.29 is 108 Å². The Morgan fingerprint density at radius 2 is 1.35 bits per heavy atom. The fraction of sp³-hybridized carbons (Fsp3) is 0.600. The topological polar surface area (TPSA) is 571 Å². The number of nitrogen functional groups attached to an aromatic ring is 3. The van der Waals surface area contributed by atoms with Crippen molar-refractivity contribution in [1.82, 2.24) is 58.9 Å². The number of carbonyl (C=O) groups excluding carboxylic acids is 1. The van der Waals surface area contributed by atoms with E-state index in [0.29, 0.717) is 6.42 Å². The van der Waals surface area contributed by atoms with Crippen LogP contribution in [0.25, 0.3) is 33.5 Å². The van der Waals surface area contributed by atoms with Crippen LogP contribution >= 0.6 is 31.3 Å². The van der Waals surface area contributed by atoms with Crippen molar-refractivity contribution in [1.29, 1.82) is 0 Å². The number of carbonyl (C=O) groups is 1. The molecule has 9 rings (SSSR count). The lowest BCUT2D eigenvalue weighted by Gasteiger charge is -2.26. The number of nitrogens with one attached hydrogen (secondary N) is 3. The average Bonchev–Trinajstić information content (AvgIpc) is 4.36. The molecular weight excluding hydrogens is 1210 g/mol. The van der Waals surface area contributed by atoms with Gasteiger partial charge in [0.15, 0.2) is 41.4 Å². The van der Waals surface area contributed by atoms with E-state index in [1.807, 2.05) is 6.92 Å². The van der Waals surface area contributed by atoms with Crippen LogP contribution in [0.5, 0.6) is 0 Å². The number of H-pyrrole nitrogens is 2. The molecule has 16 N–H and O–H groups in total. The quantitative estimate of drug-likeness (QED) is 0.0153. The highest BCUT2D eigenvalue weighted by Gasteiger charge is 2.54. The Hall–Kier alpha value is -5.64. The van der Waals surface area contributed by atoms with Crippen molar-refractivity contribution in [2.24, 2.45) is 13.0 Å². The first kappa shape index (κ1) is 62.9. The van der Waals surface area contributed by atoms with Crippen LogP contribution in [-0.4, -0.2) is 177 Å².